The minimum absolute atomic E-state index is 0.264. The summed E-state index contributed by atoms with van der Waals surface area (Å²) >= 11 is 2.91. The molecular weight excluding hydrogens is 175 g/mol. The minimum Gasteiger partial charge on any atom is -0.272 e. The maximum atomic E-state index is 12.2. The van der Waals surface area contributed by atoms with E-state index in [1.54, 1.807) is 7.05 Å². The lowest BCUT2D eigenvalue weighted by molar-refractivity contribution is 0.619. The number of rotatable bonds is 0. The van der Waals surface area contributed by atoms with Gasteiger partial charge in [0.05, 0.1) is 6.20 Å². The summed E-state index contributed by atoms with van der Waals surface area (Å²) in [5, 5.41) is 3.67. The third-order valence-corrected chi connectivity index (χ3v) is 1.28. The predicted octanol–water partition coefficient (Wildman–Crippen LogP) is 1.32. The molecule has 0 spiro atoms. The molecule has 0 atom stereocenters. The normalized spacial score (nSPS) is 9.88. The minimum atomic E-state index is -0.326. The molecule has 0 unspecified atom stereocenters. The molecule has 0 fully saturated rings. The molecule has 4 heteroatoms. The number of hydrogen-bond acceptors (Lipinski definition) is 1. The van der Waals surface area contributed by atoms with Gasteiger partial charge < -0.3 is 0 Å². The smallest absolute Gasteiger partial charge is 0.175 e. The molecule has 0 aliphatic carbocycles. The molecular formula is C4H4BrFN2. The van der Waals surface area contributed by atoms with Crippen LogP contribution >= 0.6 is 15.9 Å². The van der Waals surface area contributed by atoms with Crippen molar-refractivity contribution in [1.82, 2.24) is 9.78 Å². The average molecular weight is 179 g/mol. The number of aromatic nitrogens is 2. The van der Waals surface area contributed by atoms with Crippen molar-refractivity contribution in [1.29, 1.82) is 0 Å². The highest BCUT2D eigenvalue weighted by molar-refractivity contribution is 9.10. The van der Waals surface area contributed by atoms with Gasteiger partial charge in [0.25, 0.3) is 0 Å². The van der Waals surface area contributed by atoms with E-state index >= 15 is 0 Å². The Morgan fingerprint density at radius 3 is 2.62 bits per heavy atom. The summed E-state index contributed by atoms with van der Waals surface area (Å²) in [6.07, 6.45) is 1.30. The van der Waals surface area contributed by atoms with Gasteiger partial charge in [0.1, 0.15) is 0 Å². The molecule has 1 heterocycles. The van der Waals surface area contributed by atoms with Gasteiger partial charge in [-0.05, 0) is 15.9 Å². The molecule has 0 amide bonds. The second-order valence-corrected chi connectivity index (χ2v) is 2.19. The SMILES string of the molecule is Cn1cc(F)c(Br)n1. The molecule has 44 valence electrons. The molecule has 0 radical (unpaired) electrons. The van der Waals surface area contributed by atoms with Crippen LogP contribution in [0.1, 0.15) is 0 Å². The number of halogens is 2. The lowest BCUT2D eigenvalue weighted by atomic mass is 10.7. The van der Waals surface area contributed by atoms with Crippen molar-refractivity contribution >= 4 is 15.9 Å². The first kappa shape index (κ1) is 5.75. The van der Waals surface area contributed by atoms with Crippen LogP contribution in [-0.2, 0) is 7.05 Å². The number of hydrogen-bond donors (Lipinski definition) is 0. The van der Waals surface area contributed by atoms with Crippen LogP contribution in [0, 0.1) is 5.82 Å². The summed E-state index contributed by atoms with van der Waals surface area (Å²) in [7, 11) is 1.66. The van der Waals surface area contributed by atoms with Crippen LogP contribution < -0.4 is 0 Å². The molecule has 0 aliphatic rings. The van der Waals surface area contributed by atoms with E-state index in [2.05, 4.69) is 21.0 Å². The van der Waals surface area contributed by atoms with Crippen molar-refractivity contribution in [2.75, 3.05) is 0 Å². The highest BCUT2D eigenvalue weighted by atomic mass is 79.9. The van der Waals surface area contributed by atoms with Crippen molar-refractivity contribution in [3.05, 3.63) is 16.6 Å². The summed E-state index contributed by atoms with van der Waals surface area (Å²) in [5.74, 6) is -0.326. The lowest BCUT2D eigenvalue weighted by Crippen LogP contribution is -1.84. The van der Waals surface area contributed by atoms with Crippen LogP contribution in [0.2, 0.25) is 0 Å². The molecule has 0 aromatic carbocycles. The Labute approximate surface area is 54.4 Å². The van der Waals surface area contributed by atoms with Gasteiger partial charge in [-0.15, -0.1) is 0 Å². The summed E-state index contributed by atoms with van der Waals surface area (Å²) < 4.78 is 13.9. The monoisotopic (exact) mass is 178 g/mol. The number of nitrogens with zero attached hydrogens (tertiary/aromatic N) is 2. The van der Waals surface area contributed by atoms with Crippen molar-refractivity contribution in [3.63, 3.8) is 0 Å². The Morgan fingerprint density at radius 1 is 1.88 bits per heavy atom. The van der Waals surface area contributed by atoms with Crippen molar-refractivity contribution in [2.45, 2.75) is 0 Å². The zero-order valence-electron chi connectivity index (χ0n) is 4.23. The topological polar surface area (TPSA) is 17.8 Å². The van der Waals surface area contributed by atoms with E-state index < -0.39 is 0 Å². The zero-order chi connectivity index (χ0) is 6.15. The molecule has 0 saturated carbocycles. The van der Waals surface area contributed by atoms with E-state index in [0.717, 1.165) is 0 Å². The second kappa shape index (κ2) is 1.85. The van der Waals surface area contributed by atoms with Crippen LogP contribution in [0.4, 0.5) is 4.39 Å². The van der Waals surface area contributed by atoms with Crippen LogP contribution in [0.5, 0.6) is 0 Å². The van der Waals surface area contributed by atoms with E-state index in [-0.39, 0.29) is 10.4 Å². The van der Waals surface area contributed by atoms with Gasteiger partial charge in [0.15, 0.2) is 10.4 Å². The average Bonchev–Trinajstić information content (AvgIpc) is 1.85. The van der Waals surface area contributed by atoms with Gasteiger partial charge in [-0.25, -0.2) is 4.39 Å². The van der Waals surface area contributed by atoms with E-state index in [1.165, 1.54) is 10.9 Å². The Kier molecular flexibility index (Phi) is 1.33. The van der Waals surface area contributed by atoms with Crippen molar-refractivity contribution in [2.24, 2.45) is 7.05 Å². The first-order chi connectivity index (χ1) is 3.70. The molecule has 2 nitrogen and oxygen atoms in total. The molecule has 0 N–H and O–H groups in total. The Hall–Kier alpha value is -0.380. The van der Waals surface area contributed by atoms with Gasteiger partial charge >= 0.3 is 0 Å². The third kappa shape index (κ3) is 0.888. The predicted molar refractivity (Wildman–Crippen MR) is 30.9 cm³/mol. The molecule has 0 saturated heterocycles. The fourth-order valence-corrected chi connectivity index (χ4v) is 0.785. The van der Waals surface area contributed by atoms with Gasteiger partial charge in [0, 0.05) is 7.05 Å². The summed E-state index contributed by atoms with van der Waals surface area (Å²) in [5.41, 5.74) is 0. The number of aryl methyl sites for hydroxylation is 1. The first-order valence-corrected chi connectivity index (χ1v) is 2.84. The maximum Gasteiger partial charge on any atom is 0.175 e. The largest absolute Gasteiger partial charge is 0.272 e. The molecule has 0 bridgehead atoms. The van der Waals surface area contributed by atoms with E-state index in [1.807, 2.05) is 0 Å². The molecule has 8 heavy (non-hydrogen) atoms. The van der Waals surface area contributed by atoms with E-state index in [0.29, 0.717) is 0 Å². The van der Waals surface area contributed by atoms with Gasteiger partial charge in [-0.3, -0.25) is 4.68 Å². The fourth-order valence-electron chi connectivity index (χ4n) is 0.432. The lowest BCUT2D eigenvalue weighted by Gasteiger charge is -1.78. The highest BCUT2D eigenvalue weighted by Crippen LogP contribution is 2.09. The quantitative estimate of drug-likeness (QED) is 0.587. The Balaban J connectivity index is 3.14. The maximum absolute atomic E-state index is 12.2. The Morgan fingerprint density at radius 2 is 2.50 bits per heavy atom. The summed E-state index contributed by atoms with van der Waals surface area (Å²) in [6.45, 7) is 0. The van der Waals surface area contributed by atoms with Gasteiger partial charge in [-0.1, -0.05) is 0 Å². The molecule has 0 aliphatic heterocycles. The summed E-state index contributed by atoms with van der Waals surface area (Å²) in [6, 6.07) is 0. The standard InChI is InChI=1S/C4H4BrFN2/c1-8-2-3(6)4(5)7-8/h2H,1H3. The van der Waals surface area contributed by atoms with Crippen LogP contribution in [0.15, 0.2) is 10.8 Å². The van der Waals surface area contributed by atoms with Gasteiger partial charge in [0.2, 0.25) is 0 Å². The van der Waals surface area contributed by atoms with Crippen molar-refractivity contribution < 1.29 is 4.39 Å². The first-order valence-electron chi connectivity index (χ1n) is 2.05. The summed E-state index contributed by atoms with van der Waals surface area (Å²) in [4.78, 5) is 0. The van der Waals surface area contributed by atoms with E-state index in [4.69, 9.17) is 0 Å². The molecule has 1 aromatic heterocycles. The van der Waals surface area contributed by atoms with E-state index in [9.17, 15) is 4.39 Å². The third-order valence-electron chi connectivity index (χ3n) is 0.743. The second-order valence-electron chi connectivity index (χ2n) is 1.44. The Bertz CT molecular complexity index is 176. The van der Waals surface area contributed by atoms with Gasteiger partial charge in [-0.2, -0.15) is 5.10 Å². The highest BCUT2D eigenvalue weighted by Gasteiger charge is 1.99. The van der Waals surface area contributed by atoms with Crippen LogP contribution in [0.3, 0.4) is 0 Å². The zero-order valence-corrected chi connectivity index (χ0v) is 5.81. The van der Waals surface area contributed by atoms with Crippen LogP contribution in [-0.4, -0.2) is 9.78 Å². The molecule has 1 aromatic rings. The molecule has 1 rings (SSSR count). The fraction of sp³-hybridized carbons (Fsp3) is 0.250. The van der Waals surface area contributed by atoms with Crippen molar-refractivity contribution in [3.8, 4) is 0 Å². The van der Waals surface area contributed by atoms with Crippen LogP contribution in [0.25, 0.3) is 0 Å².